The summed E-state index contributed by atoms with van der Waals surface area (Å²) in [6.45, 7) is 4.00. The van der Waals surface area contributed by atoms with E-state index in [1.807, 2.05) is 56.3 Å². The topological polar surface area (TPSA) is 38.3 Å². The second-order valence-corrected chi connectivity index (χ2v) is 4.89. The van der Waals surface area contributed by atoms with Gasteiger partial charge in [0.1, 0.15) is 5.75 Å². The number of hydrogen-bond acceptors (Lipinski definition) is 2. The quantitative estimate of drug-likeness (QED) is 0.922. The van der Waals surface area contributed by atoms with Crippen LogP contribution in [0.5, 0.6) is 5.75 Å². The van der Waals surface area contributed by atoms with Gasteiger partial charge in [0.05, 0.1) is 13.5 Å². The normalized spacial score (nSPS) is 10.2. The zero-order valence-corrected chi connectivity index (χ0v) is 12.1. The highest BCUT2D eigenvalue weighted by Crippen LogP contribution is 2.17. The molecule has 20 heavy (non-hydrogen) atoms. The molecule has 0 bridgehead atoms. The van der Waals surface area contributed by atoms with E-state index >= 15 is 0 Å². The summed E-state index contributed by atoms with van der Waals surface area (Å²) in [7, 11) is 1.63. The summed E-state index contributed by atoms with van der Waals surface area (Å²) in [5, 5.41) is 2.96. The second-order valence-electron chi connectivity index (χ2n) is 4.89. The van der Waals surface area contributed by atoms with Crippen LogP contribution in [0.2, 0.25) is 0 Å². The average Bonchev–Trinajstić information content (AvgIpc) is 2.43. The predicted octanol–water partition coefficient (Wildman–Crippen LogP) is 3.49. The van der Waals surface area contributed by atoms with E-state index in [-0.39, 0.29) is 5.91 Å². The zero-order valence-electron chi connectivity index (χ0n) is 12.1. The summed E-state index contributed by atoms with van der Waals surface area (Å²) in [5.41, 5.74) is 4.05. The third-order valence-corrected chi connectivity index (χ3v) is 3.19. The van der Waals surface area contributed by atoms with Crippen molar-refractivity contribution in [1.82, 2.24) is 0 Å². The molecule has 1 amide bonds. The molecule has 1 N–H and O–H groups in total. The van der Waals surface area contributed by atoms with Crippen molar-refractivity contribution in [2.45, 2.75) is 20.3 Å². The van der Waals surface area contributed by atoms with E-state index in [0.717, 1.165) is 28.1 Å². The minimum Gasteiger partial charge on any atom is -0.497 e. The lowest BCUT2D eigenvalue weighted by atomic mass is 10.1. The zero-order chi connectivity index (χ0) is 14.5. The largest absolute Gasteiger partial charge is 0.497 e. The number of methoxy groups -OCH3 is 1. The van der Waals surface area contributed by atoms with Crippen LogP contribution >= 0.6 is 0 Å². The van der Waals surface area contributed by atoms with E-state index in [1.165, 1.54) is 0 Å². The van der Waals surface area contributed by atoms with Crippen LogP contribution in [0.1, 0.15) is 16.7 Å². The van der Waals surface area contributed by atoms with Gasteiger partial charge >= 0.3 is 0 Å². The molecular formula is C17H19NO2. The summed E-state index contributed by atoms with van der Waals surface area (Å²) in [5.74, 6) is 0.785. The monoisotopic (exact) mass is 269 g/mol. The molecule has 0 heterocycles. The number of aryl methyl sites for hydroxylation is 2. The number of ether oxygens (including phenoxy) is 1. The highest BCUT2D eigenvalue weighted by atomic mass is 16.5. The molecule has 0 fully saturated rings. The van der Waals surface area contributed by atoms with Gasteiger partial charge in [0.2, 0.25) is 5.91 Å². The van der Waals surface area contributed by atoms with Crippen LogP contribution < -0.4 is 10.1 Å². The Morgan fingerprint density at radius 3 is 2.45 bits per heavy atom. The third-order valence-electron chi connectivity index (χ3n) is 3.19. The number of carbonyl (C=O) groups is 1. The lowest BCUT2D eigenvalue weighted by Crippen LogP contribution is -2.15. The van der Waals surface area contributed by atoms with Crippen molar-refractivity contribution in [2.24, 2.45) is 0 Å². The fourth-order valence-electron chi connectivity index (χ4n) is 1.99. The van der Waals surface area contributed by atoms with Crippen LogP contribution in [0.15, 0.2) is 42.5 Å². The van der Waals surface area contributed by atoms with Gasteiger partial charge in [-0.15, -0.1) is 0 Å². The summed E-state index contributed by atoms with van der Waals surface area (Å²) in [6, 6.07) is 13.6. The van der Waals surface area contributed by atoms with E-state index in [1.54, 1.807) is 7.11 Å². The molecule has 0 saturated heterocycles. The Morgan fingerprint density at radius 1 is 1.10 bits per heavy atom. The molecular weight excluding hydrogens is 250 g/mol. The Morgan fingerprint density at radius 2 is 1.80 bits per heavy atom. The fraction of sp³-hybridized carbons (Fsp3) is 0.235. The lowest BCUT2D eigenvalue weighted by molar-refractivity contribution is -0.115. The Labute approximate surface area is 119 Å². The highest BCUT2D eigenvalue weighted by molar-refractivity contribution is 5.93. The van der Waals surface area contributed by atoms with Crippen LogP contribution in [0, 0.1) is 13.8 Å². The molecule has 2 aromatic rings. The molecule has 0 aliphatic heterocycles. The number of rotatable bonds is 4. The Bertz CT molecular complexity index is 603. The third kappa shape index (κ3) is 3.60. The number of benzene rings is 2. The van der Waals surface area contributed by atoms with Crippen molar-refractivity contribution in [3.8, 4) is 5.75 Å². The molecule has 0 atom stereocenters. The molecule has 2 aromatic carbocycles. The highest BCUT2D eigenvalue weighted by Gasteiger charge is 2.06. The van der Waals surface area contributed by atoms with E-state index in [9.17, 15) is 4.79 Å². The van der Waals surface area contributed by atoms with Gasteiger partial charge < -0.3 is 10.1 Å². The van der Waals surface area contributed by atoms with Crippen LogP contribution in [-0.4, -0.2) is 13.0 Å². The first-order valence-electron chi connectivity index (χ1n) is 6.58. The van der Waals surface area contributed by atoms with Gasteiger partial charge in [-0.25, -0.2) is 0 Å². The number of carbonyl (C=O) groups excluding carboxylic acids is 1. The minimum atomic E-state index is -0.0103. The van der Waals surface area contributed by atoms with Gasteiger partial charge in [-0.3, -0.25) is 4.79 Å². The lowest BCUT2D eigenvalue weighted by Gasteiger charge is -2.09. The first-order valence-corrected chi connectivity index (χ1v) is 6.58. The molecule has 0 aliphatic carbocycles. The Balaban J connectivity index is 2.03. The predicted molar refractivity (Wildman–Crippen MR) is 81.2 cm³/mol. The SMILES string of the molecule is COc1ccc(CC(=O)Nc2cc(C)ccc2C)cc1. The summed E-state index contributed by atoms with van der Waals surface area (Å²) in [6.07, 6.45) is 0.359. The van der Waals surface area contributed by atoms with Crippen LogP contribution in [0.25, 0.3) is 0 Å². The molecule has 0 aromatic heterocycles. The molecule has 0 aliphatic rings. The summed E-state index contributed by atoms with van der Waals surface area (Å²) in [4.78, 5) is 12.1. The maximum absolute atomic E-state index is 12.1. The molecule has 0 unspecified atom stereocenters. The van der Waals surface area contributed by atoms with Gasteiger partial charge in [-0.2, -0.15) is 0 Å². The van der Waals surface area contributed by atoms with Crippen molar-refractivity contribution in [3.05, 3.63) is 59.2 Å². The molecule has 2 rings (SSSR count). The number of amides is 1. The maximum atomic E-state index is 12.1. The van der Waals surface area contributed by atoms with Crippen molar-refractivity contribution < 1.29 is 9.53 Å². The standard InChI is InChI=1S/C17H19NO2/c1-12-4-5-13(2)16(10-12)18-17(19)11-14-6-8-15(20-3)9-7-14/h4-10H,11H2,1-3H3,(H,18,19). The summed E-state index contributed by atoms with van der Waals surface area (Å²) < 4.78 is 5.10. The van der Waals surface area contributed by atoms with Gasteiger partial charge in [-0.1, -0.05) is 24.3 Å². The number of hydrogen-bond donors (Lipinski definition) is 1. The number of nitrogens with one attached hydrogen (secondary N) is 1. The summed E-state index contributed by atoms with van der Waals surface area (Å²) >= 11 is 0. The van der Waals surface area contributed by atoms with E-state index in [2.05, 4.69) is 5.32 Å². The van der Waals surface area contributed by atoms with Gasteiger partial charge in [0.25, 0.3) is 0 Å². The van der Waals surface area contributed by atoms with E-state index < -0.39 is 0 Å². The smallest absolute Gasteiger partial charge is 0.228 e. The minimum absolute atomic E-state index is 0.0103. The van der Waals surface area contributed by atoms with Crippen molar-refractivity contribution in [1.29, 1.82) is 0 Å². The van der Waals surface area contributed by atoms with Crippen molar-refractivity contribution in [2.75, 3.05) is 12.4 Å². The van der Waals surface area contributed by atoms with Crippen molar-refractivity contribution >= 4 is 11.6 Å². The van der Waals surface area contributed by atoms with E-state index in [4.69, 9.17) is 4.74 Å². The second kappa shape index (κ2) is 6.24. The average molecular weight is 269 g/mol. The Kier molecular flexibility index (Phi) is 4.41. The molecule has 0 radical (unpaired) electrons. The Hall–Kier alpha value is -2.29. The van der Waals surface area contributed by atoms with Crippen LogP contribution in [-0.2, 0) is 11.2 Å². The van der Waals surface area contributed by atoms with E-state index in [0.29, 0.717) is 6.42 Å². The number of anilines is 1. The molecule has 3 nitrogen and oxygen atoms in total. The van der Waals surface area contributed by atoms with Crippen molar-refractivity contribution in [3.63, 3.8) is 0 Å². The molecule has 0 saturated carbocycles. The molecule has 0 spiro atoms. The first kappa shape index (κ1) is 14.1. The van der Waals surface area contributed by atoms with Crippen LogP contribution in [0.4, 0.5) is 5.69 Å². The van der Waals surface area contributed by atoms with Gasteiger partial charge in [0.15, 0.2) is 0 Å². The van der Waals surface area contributed by atoms with Gasteiger partial charge in [0, 0.05) is 5.69 Å². The first-order chi connectivity index (χ1) is 9.58. The van der Waals surface area contributed by atoms with Gasteiger partial charge in [-0.05, 0) is 48.7 Å². The maximum Gasteiger partial charge on any atom is 0.228 e. The molecule has 104 valence electrons. The fourth-order valence-corrected chi connectivity index (χ4v) is 1.99. The van der Waals surface area contributed by atoms with Crippen LogP contribution in [0.3, 0.4) is 0 Å². The molecule has 3 heteroatoms.